The van der Waals surface area contributed by atoms with Crippen LogP contribution < -0.4 is 5.32 Å². The van der Waals surface area contributed by atoms with Gasteiger partial charge in [-0.1, -0.05) is 30.3 Å². The van der Waals surface area contributed by atoms with E-state index in [2.05, 4.69) is 15.2 Å². The van der Waals surface area contributed by atoms with Crippen molar-refractivity contribution in [3.05, 3.63) is 78.2 Å². The van der Waals surface area contributed by atoms with E-state index in [1.54, 1.807) is 12.5 Å². The number of aliphatic hydroxyl groups excluding tert-OH is 1. The summed E-state index contributed by atoms with van der Waals surface area (Å²) in [5, 5.41) is 14.8. The van der Waals surface area contributed by atoms with Crippen molar-refractivity contribution in [1.29, 1.82) is 0 Å². The first-order valence-electron chi connectivity index (χ1n) is 11.3. The molecule has 2 N–H and O–H groups in total. The highest BCUT2D eigenvalue weighted by Crippen LogP contribution is 2.34. The molecule has 4 aromatic rings. The normalized spacial score (nSPS) is 14.6. The van der Waals surface area contributed by atoms with Crippen molar-refractivity contribution in [2.24, 2.45) is 0 Å². The number of aliphatic hydroxyl groups is 1. The fourth-order valence-electron chi connectivity index (χ4n) is 4.31. The molecule has 1 fully saturated rings. The van der Waals surface area contributed by atoms with Crippen LogP contribution in [0, 0.1) is 0 Å². The van der Waals surface area contributed by atoms with Crippen molar-refractivity contribution in [1.82, 2.24) is 19.8 Å². The number of carbonyl (C=O) groups excluding carboxylic acids is 1. The van der Waals surface area contributed by atoms with Gasteiger partial charge < -0.3 is 19.4 Å². The average Bonchev–Trinajstić information content (AvgIpc) is 3.37. The Morgan fingerprint density at radius 2 is 2.03 bits per heavy atom. The van der Waals surface area contributed by atoms with Gasteiger partial charge in [0.1, 0.15) is 12.2 Å². The lowest BCUT2D eigenvalue weighted by Crippen LogP contribution is -2.29. The van der Waals surface area contributed by atoms with E-state index in [4.69, 9.17) is 4.42 Å². The molecule has 0 unspecified atom stereocenters. The molecule has 0 radical (unpaired) electrons. The van der Waals surface area contributed by atoms with E-state index in [1.165, 1.54) is 0 Å². The van der Waals surface area contributed by atoms with Gasteiger partial charge in [0.25, 0.3) is 0 Å². The molecule has 1 aromatic carbocycles. The lowest BCUT2D eigenvalue weighted by Gasteiger charge is -2.21. The molecule has 1 aliphatic rings. The van der Waals surface area contributed by atoms with Crippen LogP contribution >= 0.6 is 0 Å². The Morgan fingerprint density at radius 3 is 2.76 bits per heavy atom. The maximum atomic E-state index is 12.7. The third kappa shape index (κ3) is 4.69. The predicted molar refractivity (Wildman–Crippen MR) is 126 cm³/mol. The largest absolute Gasteiger partial charge is 0.463 e. The molecule has 0 aliphatic heterocycles. The first kappa shape index (κ1) is 21.4. The van der Waals surface area contributed by atoms with Gasteiger partial charge in [-0.15, -0.1) is 0 Å². The minimum absolute atomic E-state index is 0.0211. The molecule has 1 aliphatic carbocycles. The van der Waals surface area contributed by atoms with Gasteiger partial charge in [-0.25, -0.2) is 4.98 Å². The molecule has 3 heterocycles. The van der Waals surface area contributed by atoms with Crippen LogP contribution in [0.5, 0.6) is 0 Å². The third-order valence-corrected chi connectivity index (χ3v) is 6.02. The van der Waals surface area contributed by atoms with E-state index >= 15 is 0 Å². The maximum Gasteiger partial charge on any atom is 0.240 e. The van der Waals surface area contributed by atoms with Crippen LogP contribution in [-0.4, -0.2) is 45.1 Å². The van der Waals surface area contributed by atoms with Gasteiger partial charge in [0.05, 0.1) is 18.1 Å². The molecule has 1 atom stereocenters. The van der Waals surface area contributed by atoms with Gasteiger partial charge in [-0.3, -0.25) is 9.69 Å². The molecule has 33 heavy (non-hydrogen) atoms. The van der Waals surface area contributed by atoms with Crippen LogP contribution in [0.2, 0.25) is 0 Å². The molecule has 1 saturated carbocycles. The second kappa shape index (κ2) is 9.21. The zero-order valence-corrected chi connectivity index (χ0v) is 18.6. The summed E-state index contributed by atoms with van der Waals surface area (Å²) in [7, 11) is 1.98. The van der Waals surface area contributed by atoms with E-state index in [0.29, 0.717) is 24.9 Å². The number of carbonyl (C=O) groups is 1. The van der Waals surface area contributed by atoms with Crippen molar-refractivity contribution in [3.63, 3.8) is 0 Å². The quantitative estimate of drug-likeness (QED) is 0.411. The Bertz CT molecular complexity index is 1230. The summed E-state index contributed by atoms with van der Waals surface area (Å²) in [5.41, 5.74) is 3.51. The summed E-state index contributed by atoms with van der Waals surface area (Å²) in [6.45, 7) is 1.21. The monoisotopic (exact) mass is 444 g/mol. The van der Waals surface area contributed by atoms with Crippen LogP contribution in [0.25, 0.3) is 22.5 Å². The number of fused-ring (bicyclic) bond motifs is 1. The number of likely N-dealkylation sites (N-methyl/N-ethyl adjacent to an activating group) is 1. The topological polar surface area (TPSA) is 83.5 Å². The molecular formula is C26H28N4O3. The van der Waals surface area contributed by atoms with Crippen molar-refractivity contribution < 1.29 is 14.3 Å². The smallest absolute Gasteiger partial charge is 0.240 e. The molecule has 7 heteroatoms. The summed E-state index contributed by atoms with van der Waals surface area (Å²) in [6.07, 6.45) is 4.87. The Hall–Kier alpha value is -3.42. The van der Waals surface area contributed by atoms with E-state index in [0.717, 1.165) is 40.7 Å². The highest BCUT2D eigenvalue weighted by atomic mass is 16.3. The fourth-order valence-corrected chi connectivity index (χ4v) is 4.31. The lowest BCUT2D eigenvalue weighted by molar-refractivity contribution is -0.121. The summed E-state index contributed by atoms with van der Waals surface area (Å²) >= 11 is 0. The second-order valence-electron chi connectivity index (χ2n) is 8.73. The SMILES string of the molecule is CN(Cc1c(-c2ccco2)n(CC(=O)NC2CC2)c2ncccc12)C[C@@H](O)c1ccccc1. The van der Waals surface area contributed by atoms with E-state index in [9.17, 15) is 9.90 Å². The van der Waals surface area contributed by atoms with Crippen molar-refractivity contribution in [2.75, 3.05) is 13.6 Å². The van der Waals surface area contributed by atoms with Crippen molar-refractivity contribution in [2.45, 2.75) is 38.1 Å². The van der Waals surface area contributed by atoms with Gasteiger partial charge in [0.2, 0.25) is 5.91 Å². The van der Waals surface area contributed by atoms with Crippen LogP contribution in [0.15, 0.2) is 71.5 Å². The summed E-state index contributed by atoms with van der Waals surface area (Å²) in [5.74, 6) is 0.673. The number of nitrogens with one attached hydrogen (secondary N) is 1. The standard InChI is InChI=1S/C26H28N4O3/c1-29(16-22(31)18-7-3-2-4-8-18)15-21-20-9-5-13-27-26(20)30(17-24(32)28-19-11-12-19)25(21)23-10-6-14-33-23/h2-10,13-14,19,22,31H,11-12,15-17H2,1H3,(H,28,32)/t22-/m1/s1. The second-order valence-corrected chi connectivity index (χ2v) is 8.73. The van der Waals surface area contributed by atoms with Crippen LogP contribution in [0.4, 0.5) is 0 Å². The number of hydrogen-bond donors (Lipinski definition) is 2. The molecule has 0 spiro atoms. The molecule has 0 saturated heterocycles. The first-order chi connectivity index (χ1) is 16.1. The summed E-state index contributed by atoms with van der Waals surface area (Å²) < 4.78 is 7.74. The van der Waals surface area contributed by atoms with Gasteiger partial charge in [0.15, 0.2) is 5.76 Å². The van der Waals surface area contributed by atoms with Crippen LogP contribution in [-0.2, 0) is 17.9 Å². The molecule has 170 valence electrons. The fraction of sp³-hybridized carbons (Fsp3) is 0.308. The average molecular weight is 445 g/mol. The zero-order chi connectivity index (χ0) is 22.8. The van der Waals surface area contributed by atoms with Gasteiger partial charge >= 0.3 is 0 Å². The maximum absolute atomic E-state index is 12.7. The number of rotatable bonds is 9. The van der Waals surface area contributed by atoms with E-state index in [-0.39, 0.29) is 12.5 Å². The molecule has 0 bridgehead atoms. The number of nitrogens with zero attached hydrogens (tertiary/aromatic N) is 3. The molecule has 5 rings (SSSR count). The minimum atomic E-state index is -0.598. The number of benzene rings is 1. The van der Waals surface area contributed by atoms with Gasteiger partial charge in [0, 0.05) is 36.3 Å². The number of aromatic nitrogens is 2. The highest BCUT2D eigenvalue weighted by Gasteiger charge is 2.27. The molecule has 3 aromatic heterocycles. The number of furan rings is 1. The van der Waals surface area contributed by atoms with E-state index in [1.807, 2.05) is 66.2 Å². The lowest BCUT2D eigenvalue weighted by atomic mass is 10.1. The predicted octanol–water partition coefficient (Wildman–Crippen LogP) is 3.74. The van der Waals surface area contributed by atoms with Crippen molar-refractivity contribution in [3.8, 4) is 11.5 Å². The zero-order valence-electron chi connectivity index (χ0n) is 18.6. The highest BCUT2D eigenvalue weighted by molar-refractivity contribution is 5.90. The van der Waals surface area contributed by atoms with Crippen LogP contribution in [0.1, 0.15) is 30.1 Å². The number of hydrogen-bond acceptors (Lipinski definition) is 5. The number of pyridine rings is 1. The Balaban J connectivity index is 1.49. The van der Waals surface area contributed by atoms with Gasteiger partial charge in [-0.2, -0.15) is 0 Å². The Labute approximate surface area is 192 Å². The Morgan fingerprint density at radius 1 is 1.21 bits per heavy atom. The molecule has 1 amide bonds. The summed E-state index contributed by atoms with van der Waals surface area (Å²) in [6, 6.07) is 17.7. The molecular weight excluding hydrogens is 416 g/mol. The van der Waals surface area contributed by atoms with Crippen LogP contribution in [0.3, 0.4) is 0 Å². The summed E-state index contributed by atoms with van der Waals surface area (Å²) in [4.78, 5) is 19.4. The van der Waals surface area contributed by atoms with E-state index < -0.39 is 6.10 Å². The van der Waals surface area contributed by atoms with Crippen molar-refractivity contribution >= 4 is 16.9 Å². The van der Waals surface area contributed by atoms with Gasteiger partial charge in [-0.05, 0) is 49.7 Å². The minimum Gasteiger partial charge on any atom is -0.463 e. The Kier molecular flexibility index (Phi) is 5.98. The first-order valence-corrected chi connectivity index (χ1v) is 11.3. The molecule has 7 nitrogen and oxygen atoms in total. The number of amides is 1. The third-order valence-electron chi connectivity index (χ3n) is 6.02.